The van der Waals surface area contributed by atoms with Gasteiger partial charge in [-0.1, -0.05) is 0 Å². The predicted molar refractivity (Wildman–Crippen MR) is 70.8 cm³/mol. The molecule has 3 aromatic rings. The van der Waals surface area contributed by atoms with Crippen molar-refractivity contribution in [1.82, 2.24) is 28.9 Å². The summed E-state index contributed by atoms with van der Waals surface area (Å²) in [6.07, 6.45) is 6.06. The van der Waals surface area contributed by atoms with Gasteiger partial charge in [0.05, 0.1) is 6.61 Å². The van der Waals surface area contributed by atoms with E-state index >= 15 is 0 Å². The van der Waals surface area contributed by atoms with E-state index in [2.05, 4.69) is 15.2 Å². The summed E-state index contributed by atoms with van der Waals surface area (Å²) in [7, 11) is 0. The first-order chi connectivity index (χ1) is 10.2. The molecule has 3 aromatic heterocycles. The van der Waals surface area contributed by atoms with Gasteiger partial charge in [-0.05, 0) is 13.0 Å². The van der Waals surface area contributed by atoms with E-state index < -0.39 is 11.5 Å². The minimum Gasteiger partial charge on any atom is -0.462 e. The molecule has 3 heterocycles. The van der Waals surface area contributed by atoms with Crippen LogP contribution in [0.1, 0.15) is 17.3 Å². The lowest BCUT2D eigenvalue weighted by molar-refractivity contribution is 0.0522. The Bertz CT molecular complexity index is 832. The average molecular weight is 288 g/mol. The molecule has 0 bridgehead atoms. The highest BCUT2D eigenvalue weighted by molar-refractivity contribution is 5.88. The molecule has 0 aliphatic heterocycles. The van der Waals surface area contributed by atoms with E-state index in [1.165, 1.54) is 12.5 Å². The first-order valence-corrected chi connectivity index (χ1v) is 6.28. The highest BCUT2D eigenvalue weighted by Crippen LogP contribution is 2.02. The fourth-order valence-electron chi connectivity index (χ4n) is 1.95. The van der Waals surface area contributed by atoms with Gasteiger partial charge in [0.1, 0.15) is 18.6 Å². The second kappa shape index (κ2) is 5.19. The Hall–Kier alpha value is -2.97. The van der Waals surface area contributed by atoms with Crippen LogP contribution in [0.5, 0.6) is 0 Å². The van der Waals surface area contributed by atoms with Crippen molar-refractivity contribution in [1.29, 1.82) is 0 Å². The molecule has 0 aromatic carbocycles. The van der Waals surface area contributed by atoms with Gasteiger partial charge in [0, 0.05) is 18.6 Å². The molecule has 0 radical (unpaired) electrons. The Morgan fingerprint density at radius 3 is 2.95 bits per heavy atom. The van der Waals surface area contributed by atoms with E-state index in [9.17, 15) is 9.59 Å². The van der Waals surface area contributed by atoms with Crippen LogP contribution >= 0.6 is 0 Å². The first kappa shape index (κ1) is 13.0. The third-order valence-electron chi connectivity index (χ3n) is 2.85. The maximum absolute atomic E-state index is 12.2. The summed E-state index contributed by atoms with van der Waals surface area (Å²) in [5.74, 6) is -0.363. The lowest BCUT2D eigenvalue weighted by Crippen LogP contribution is -2.28. The fourth-order valence-corrected chi connectivity index (χ4v) is 1.95. The molecular weight excluding hydrogens is 276 g/mol. The third-order valence-corrected chi connectivity index (χ3v) is 2.85. The van der Waals surface area contributed by atoms with Crippen molar-refractivity contribution in [2.45, 2.75) is 13.6 Å². The number of esters is 1. The van der Waals surface area contributed by atoms with Gasteiger partial charge in [-0.3, -0.25) is 14.0 Å². The van der Waals surface area contributed by atoms with Crippen molar-refractivity contribution in [3.63, 3.8) is 0 Å². The Kier molecular flexibility index (Phi) is 3.22. The number of fused-ring (bicyclic) bond motifs is 1. The molecule has 21 heavy (non-hydrogen) atoms. The molecule has 3 rings (SSSR count). The standard InChI is InChI=1S/C12H12N6O3/c1-2-21-11(20)9-6-16(8-17-5-3-4-14-17)12-13-7-15-18(12)10(9)19/h3-7H,2,8H2,1H3. The number of carbonyl (C=O) groups is 1. The van der Waals surface area contributed by atoms with Crippen LogP contribution in [-0.2, 0) is 11.4 Å². The maximum atomic E-state index is 12.2. The quantitative estimate of drug-likeness (QED) is 0.615. The normalized spacial score (nSPS) is 10.9. The second-order valence-electron chi connectivity index (χ2n) is 4.20. The molecule has 0 atom stereocenters. The number of hydrogen-bond donors (Lipinski definition) is 0. The van der Waals surface area contributed by atoms with Gasteiger partial charge >= 0.3 is 5.97 Å². The summed E-state index contributed by atoms with van der Waals surface area (Å²) < 4.78 is 9.19. The molecule has 9 nitrogen and oxygen atoms in total. The van der Waals surface area contributed by atoms with Crippen LogP contribution in [0.3, 0.4) is 0 Å². The fraction of sp³-hybridized carbons (Fsp3) is 0.250. The Balaban J connectivity index is 2.14. The van der Waals surface area contributed by atoms with Crippen molar-refractivity contribution in [2.24, 2.45) is 0 Å². The van der Waals surface area contributed by atoms with E-state index in [0.717, 1.165) is 4.52 Å². The summed E-state index contributed by atoms with van der Waals surface area (Å²) in [5, 5.41) is 7.93. The smallest absolute Gasteiger partial charge is 0.345 e. The van der Waals surface area contributed by atoms with Gasteiger partial charge in [-0.15, -0.1) is 0 Å². The highest BCUT2D eigenvalue weighted by Gasteiger charge is 2.17. The number of rotatable bonds is 4. The van der Waals surface area contributed by atoms with Crippen LogP contribution in [0.2, 0.25) is 0 Å². The van der Waals surface area contributed by atoms with Crippen molar-refractivity contribution < 1.29 is 9.53 Å². The lowest BCUT2D eigenvalue weighted by atomic mass is 10.3. The average Bonchev–Trinajstić information content (AvgIpc) is 3.13. The molecule has 9 heteroatoms. The molecule has 0 aliphatic rings. The molecule has 0 unspecified atom stereocenters. The van der Waals surface area contributed by atoms with Crippen LogP contribution < -0.4 is 5.56 Å². The number of carbonyl (C=O) groups excluding carboxylic acids is 1. The minimum absolute atomic E-state index is 0.0954. The monoisotopic (exact) mass is 288 g/mol. The molecular formula is C12H12N6O3. The van der Waals surface area contributed by atoms with E-state index in [4.69, 9.17) is 4.74 Å². The van der Waals surface area contributed by atoms with Crippen LogP contribution in [0, 0.1) is 0 Å². The number of aromatic nitrogens is 6. The van der Waals surface area contributed by atoms with Crippen molar-refractivity contribution in [3.05, 3.63) is 46.9 Å². The van der Waals surface area contributed by atoms with Crippen LogP contribution in [0.25, 0.3) is 5.78 Å². The molecule has 0 amide bonds. The topological polar surface area (TPSA) is 96.3 Å². The van der Waals surface area contributed by atoms with Crippen molar-refractivity contribution in [2.75, 3.05) is 6.61 Å². The number of ether oxygens (including phenoxy) is 1. The molecule has 0 spiro atoms. The number of hydrogen-bond acceptors (Lipinski definition) is 6. The SMILES string of the molecule is CCOC(=O)c1cn(Cn2cccn2)c2ncnn2c1=O. The lowest BCUT2D eigenvalue weighted by Gasteiger charge is -2.10. The highest BCUT2D eigenvalue weighted by atomic mass is 16.5. The molecule has 0 aliphatic carbocycles. The zero-order valence-electron chi connectivity index (χ0n) is 11.2. The van der Waals surface area contributed by atoms with Gasteiger partial charge in [0.15, 0.2) is 0 Å². The van der Waals surface area contributed by atoms with E-state index in [1.54, 1.807) is 34.6 Å². The largest absolute Gasteiger partial charge is 0.462 e. The molecule has 0 N–H and O–H groups in total. The Labute approximate surface area is 118 Å². The van der Waals surface area contributed by atoms with Crippen LogP contribution in [-0.4, -0.2) is 41.5 Å². The first-order valence-electron chi connectivity index (χ1n) is 6.28. The van der Waals surface area contributed by atoms with Crippen molar-refractivity contribution >= 4 is 11.7 Å². The Morgan fingerprint density at radius 2 is 2.24 bits per heavy atom. The van der Waals surface area contributed by atoms with Gasteiger partial charge in [-0.25, -0.2) is 4.79 Å². The van der Waals surface area contributed by atoms with E-state index in [1.807, 2.05) is 0 Å². The predicted octanol–water partition coefficient (Wildman–Crippen LogP) is -0.230. The molecule has 0 saturated carbocycles. The summed E-state index contributed by atoms with van der Waals surface area (Å²) in [6.45, 7) is 2.16. The van der Waals surface area contributed by atoms with Gasteiger partial charge in [0.25, 0.3) is 5.56 Å². The van der Waals surface area contributed by atoms with E-state index in [0.29, 0.717) is 12.4 Å². The molecule has 108 valence electrons. The summed E-state index contributed by atoms with van der Waals surface area (Å²) in [5.41, 5.74) is -0.653. The zero-order valence-corrected chi connectivity index (χ0v) is 11.2. The molecule has 0 saturated heterocycles. The summed E-state index contributed by atoms with van der Waals surface area (Å²) in [4.78, 5) is 28.1. The van der Waals surface area contributed by atoms with Gasteiger partial charge in [-0.2, -0.15) is 19.7 Å². The Morgan fingerprint density at radius 1 is 1.38 bits per heavy atom. The zero-order chi connectivity index (χ0) is 14.8. The third kappa shape index (κ3) is 2.29. The van der Waals surface area contributed by atoms with E-state index in [-0.39, 0.29) is 12.2 Å². The van der Waals surface area contributed by atoms with Crippen LogP contribution in [0.15, 0.2) is 35.8 Å². The second-order valence-corrected chi connectivity index (χ2v) is 4.20. The van der Waals surface area contributed by atoms with Gasteiger partial charge in [0.2, 0.25) is 5.78 Å². The molecule has 0 fully saturated rings. The van der Waals surface area contributed by atoms with Crippen LogP contribution in [0.4, 0.5) is 0 Å². The maximum Gasteiger partial charge on any atom is 0.345 e. The summed E-state index contributed by atoms with van der Waals surface area (Å²) >= 11 is 0. The number of nitrogens with zero attached hydrogens (tertiary/aromatic N) is 6. The minimum atomic E-state index is -0.686. The summed E-state index contributed by atoms with van der Waals surface area (Å²) in [6, 6.07) is 1.77. The van der Waals surface area contributed by atoms with Gasteiger partial charge < -0.3 is 4.74 Å². The van der Waals surface area contributed by atoms with Crippen molar-refractivity contribution in [3.8, 4) is 0 Å².